The molecule has 0 unspecified atom stereocenters. The number of carbonyl (C=O) groups excluding carboxylic acids is 1. The lowest BCUT2D eigenvalue weighted by atomic mass is 10.2. The molecule has 7 heteroatoms. The first-order valence-electron chi connectivity index (χ1n) is 8.33. The highest BCUT2D eigenvalue weighted by atomic mass is 16.5. The average molecular weight is 341 g/mol. The third kappa shape index (κ3) is 4.45. The lowest BCUT2D eigenvalue weighted by Gasteiger charge is -2.32. The van der Waals surface area contributed by atoms with E-state index in [1.165, 1.54) is 0 Å². The van der Waals surface area contributed by atoms with Gasteiger partial charge in [-0.3, -0.25) is 4.79 Å². The second-order valence-electron chi connectivity index (χ2n) is 6.06. The normalized spacial score (nSPS) is 15.0. The number of methoxy groups -OCH3 is 1. The van der Waals surface area contributed by atoms with Crippen LogP contribution in [0.3, 0.4) is 0 Å². The number of hydrogen-bond donors (Lipinski definition) is 1. The van der Waals surface area contributed by atoms with Crippen molar-refractivity contribution in [1.82, 2.24) is 20.2 Å². The number of nitrogens with one attached hydrogen (secondary N) is 1. The Bertz CT molecular complexity index is 712. The van der Waals surface area contributed by atoms with Crippen molar-refractivity contribution in [3.63, 3.8) is 0 Å². The van der Waals surface area contributed by atoms with Gasteiger partial charge in [-0.25, -0.2) is 9.97 Å². The second kappa shape index (κ2) is 7.94. The predicted molar refractivity (Wildman–Crippen MR) is 95.9 cm³/mol. The number of likely N-dealkylation sites (N-methyl/N-ethyl adjacent to an activating group) is 1. The van der Waals surface area contributed by atoms with E-state index >= 15 is 0 Å². The van der Waals surface area contributed by atoms with Crippen LogP contribution in [-0.2, 0) is 6.54 Å². The van der Waals surface area contributed by atoms with E-state index in [1.54, 1.807) is 19.4 Å². The summed E-state index contributed by atoms with van der Waals surface area (Å²) in [5.41, 5.74) is 1.39. The number of aromatic nitrogens is 2. The Balaban J connectivity index is 1.60. The lowest BCUT2D eigenvalue weighted by Crippen LogP contribution is -2.45. The molecule has 1 aromatic carbocycles. The van der Waals surface area contributed by atoms with Crippen molar-refractivity contribution < 1.29 is 9.53 Å². The molecule has 1 N–H and O–H groups in total. The maximum Gasteiger partial charge on any atom is 0.270 e. The van der Waals surface area contributed by atoms with Crippen LogP contribution in [0.4, 0.5) is 5.95 Å². The number of hydrogen-bond acceptors (Lipinski definition) is 6. The zero-order valence-electron chi connectivity index (χ0n) is 14.6. The average Bonchev–Trinajstić information content (AvgIpc) is 2.67. The highest BCUT2D eigenvalue weighted by Gasteiger charge is 2.18. The Hall–Kier alpha value is -2.67. The molecule has 2 aromatic rings. The van der Waals surface area contributed by atoms with Crippen LogP contribution >= 0.6 is 0 Å². The molecule has 1 aliphatic rings. The molecule has 1 fully saturated rings. The molecule has 132 valence electrons. The first kappa shape index (κ1) is 17.2. The van der Waals surface area contributed by atoms with Gasteiger partial charge in [0.05, 0.1) is 7.11 Å². The third-order valence-electron chi connectivity index (χ3n) is 4.27. The molecule has 1 amide bonds. The number of amides is 1. The number of carbonyl (C=O) groups is 1. The molecule has 0 atom stereocenters. The largest absolute Gasteiger partial charge is 0.497 e. The summed E-state index contributed by atoms with van der Waals surface area (Å²) < 4.78 is 5.13. The van der Waals surface area contributed by atoms with E-state index in [-0.39, 0.29) is 5.91 Å². The van der Waals surface area contributed by atoms with Crippen molar-refractivity contribution in [1.29, 1.82) is 0 Å². The van der Waals surface area contributed by atoms with Gasteiger partial charge in [0.15, 0.2) is 0 Å². The van der Waals surface area contributed by atoms with Crippen LogP contribution in [0.15, 0.2) is 36.5 Å². The molecule has 1 saturated heterocycles. The molecule has 0 bridgehead atoms. The molecule has 7 nitrogen and oxygen atoms in total. The van der Waals surface area contributed by atoms with E-state index in [2.05, 4.69) is 32.1 Å². The Morgan fingerprint density at radius 2 is 1.88 bits per heavy atom. The standard InChI is InChI=1S/C18H23N5O2/c1-22-9-11-23(12-10-22)18-19-8-7-16(21-18)17(24)20-13-14-3-5-15(25-2)6-4-14/h3-8H,9-13H2,1-2H3,(H,20,24). The number of piperazine rings is 1. The number of rotatable bonds is 5. The van der Waals surface area contributed by atoms with Crippen LogP contribution in [-0.4, -0.2) is 61.1 Å². The van der Waals surface area contributed by atoms with Crippen LogP contribution in [0.25, 0.3) is 0 Å². The molecule has 2 heterocycles. The van der Waals surface area contributed by atoms with Gasteiger partial charge in [0.25, 0.3) is 5.91 Å². The minimum absolute atomic E-state index is 0.200. The van der Waals surface area contributed by atoms with Gasteiger partial charge < -0.3 is 19.9 Å². The first-order chi connectivity index (χ1) is 12.2. The van der Waals surface area contributed by atoms with Crippen molar-refractivity contribution in [2.45, 2.75) is 6.54 Å². The predicted octanol–water partition coefficient (Wildman–Crippen LogP) is 1.17. The summed E-state index contributed by atoms with van der Waals surface area (Å²) in [5.74, 6) is 1.21. The topological polar surface area (TPSA) is 70.6 Å². The number of benzene rings is 1. The SMILES string of the molecule is COc1ccc(CNC(=O)c2ccnc(N3CCN(C)CC3)n2)cc1. The summed E-state index contributed by atoms with van der Waals surface area (Å²) in [7, 11) is 3.73. The fourth-order valence-electron chi connectivity index (χ4n) is 2.65. The summed E-state index contributed by atoms with van der Waals surface area (Å²) in [6, 6.07) is 9.24. The van der Waals surface area contributed by atoms with Gasteiger partial charge in [-0.2, -0.15) is 0 Å². The summed E-state index contributed by atoms with van der Waals surface area (Å²) in [5, 5.41) is 2.89. The van der Waals surface area contributed by atoms with Crippen LogP contribution in [0.5, 0.6) is 5.75 Å². The molecule has 1 aromatic heterocycles. The molecule has 0 aliphatic carbocycles. The maximum atomic E-state index is 12.4. The lowest BCUT2D eigenvalue weighted by molar-refractivity contribution is 0.0946. The van der Waals surface area contributed by atoms with Crippen molar-refractivity contribution in [2.75, 3.05) is 45.2 Å². The highest BCUT2D eigenvalue weighted by molar-refractivity contribution is 5.92. The Kier molecular flexibility index (Phi) is 5.45. The van der Waals surface area contributed by atoms with Gasteiger partial charge in [0.2, 0.25) is 5.95 Å². The molecule has 0 saturated carbocycles. The summed E-state index contributed by atoms with van der Waals surface area (Å²) in [6.45, 7) is 4.12. The summed E-state index contributed by atoms with van der Waals surface area (Å²) in [6.07, 6.45) is 1.64. The van der Waals surface area contributed by atoms with Crippen LogP contribution in [0, 0.1) is 0 Å². The fraction of sp³-hybridized carbons (Fsp3) is 0.389. The van der Waals surface area contributed by atoms with Crippen LogP contribution < -0.4 is 15.0 Å². The van der Waals surface area contributed by atoms with Gasteiger partial charge in [-0.05, 0) is 30.8 Å². The molecule has 1 aliphatic heterocycles. The van der Waals surface area contributed by atoms with E-state index in [9.17, 15) is 4.79 Å². The number of anilines is 1. The smallest absolute Gasteiger partial charge is 0.270 e. The van der Waals surface area contributed by atoms with Crippen molar-refractivity contribution in [3.05, 3.63) is 47.8 Å². The molecular formula is C18H23N5O2. The van der Waals surface area contributed by atoms with Crippen molar-refractivity contribution in [2.24, 2.45) is 0 Å². The fourth-order valence-corrected chi connectivity index (χ4v) is 2.65. The van der Waals surface area contributed by atoms with E-state index in [4.69, 9.17) is 4.74 Å². The minimum atomic E-state index is -0.200. The van der Waals surface area contributed by atoms with Gasteiger partial charge in [-0.15, -0.1) is 0 Å². The minimum Gasteiger partial charge on any atom is -0.497 e. The number of nitrogens with zero attached hydrogens (tertiary/aromatic N) is 4. The molecule has 0 spiro atoms. The molecule has 3 rings (SSSR count). The first-order valence-corrected chi connectivity index (χ1v) is 8.33. The van der Waals surface area contributed by atoms with Gasteiger partial charge in [-0.1, -0.05) is 12.1 Å². The monoisotopic (exact) mass is 341 g/mol. The third-order valence-corrected chi connectivity index (χ3v) is 4.27. The van der Waals surface area contributed by atoms with Gasteiger partial charge in [0, 0.05) is 38.9 Å². The van der Waals surface area contributed by atoms with E-state index < -0.39 is 0 Å². The Morgan fingerprint density at radius 1 is 1.16 bits per heavy atom. The van der Waals surface area contributed by atoms with Gasteiger partial charge >= 0.3 is 0 Å². The Labute approximate surface area is 147 Å². The van der Waals surface area contributed by atoms with Crippen molar-refractivity contribution in [3.8, 4) is 5.75 Å². The molecular weight excluding hydrogens is 318 g/mol. The quantitative estimate of drug-likeness (QED) is 0.880. The summed E-state index contributed by atoms with van der Waals surface area (Å²) in [4.78, 5) is 25.5. The zero-order chi connectivity index (χ0) is 17.6. The van der Waals surface area contributed by atoms with E-state index in [0.717, 1.165) is 37.5 Å². The van der Waals surface area contributed by atoms with Gasteiger partial charge in [0.1, 0.15) is 11.4 Å². The summed E-state index contributed by atoms with van der Waals surface area (Å²) >= 11 is 0. The van der Waals surface area contributed by atoms with E-state index in [1.807, 2.05) is 24.3 Å². The Morgan fingerprint density at radius 3 is 2.56 bits per heavy atom. The molecule has 25 heavy (non-hydrogen) atoms. The van der Waals surface area contributed by atoms with E-state index in [0.29, 0.717) is 18.2 Å². The molecule has 0 radical (unpaired) electrons. The van der Waals surface area contributed by atoms with Crippen LogP contribution in [0.2, 0.25) is 0 Å². The van der Waals surface area contributed by atoms with Crippen LogP contribution in [0.1, 0.15) is 16.1 Å². The second-order valence-corrected chi connectivity index (χ2v) is 6.06. The maximum absolute atomic E-state index is 12.4. The zero-order valence-corrected chi connectivity index (χ0v) is 14.6. The van der Waals surface area contributed by atoms with Crippen molar-refractivity contribution >= 4 is 11.9 Å². The highest BCUT2D eigenvalue weighted by Crippen LogP contribution is 2.12. The number of ether oxygens (including phenoxy) is 1.